The van der Waals surface area contributed by atoms with Crippen LogP contribution in [0.1, 0.15) is 13.8 Å². The number of fused-ring (bicyclic) bond motifs is 1. The van der Waals surface area contributed by atoms with E-state index in [0.717, 1.165) is 41.8 Å². The molecule has 0 aliphatic heterocycles. The van der Waals surface area contributed by atoms with E-state index >= 15 is 0 Å². The maximum Gasteiger partial charge on any atom is 0.263 e. The van der Waals surface area contributed by atoms with E-state index in [4.69, 9.17) is 4.74 Å². The van der Waals surface area contributed by atoms with E-state index < -0.39 is 0 Å². The van der Waals surface area contributed by atoms with E-state index in [1.807, 2.05) is 66.7 Å². The zero-order chi connectivity index (χ0) is 26.3. The number of anilines is 2. The maximum absolute atomic E-state index is 13.7. The van der Waals surface area contributed by atoms with E-state index in [1.165, 1.54) is 0 Å². The molecule has 5 aromatic rings. The summed E-state index contributed by atoms with van der Waals surface area (Å²) < 4.78 is 7.54. The number of nitrogens with zero attached hydrogens (tertiary/aromatic N) is 5. The molecule has 0 saturated heterocycles. The molecule has 5 rings (SSSR count). The minimum absolute atomic E-state index is 0.114. The fourth-order valence-corrected chi connectivity index (χ4v) is 4.35. The van der Waals surface area contributed by atoms with Gasteiger partial charge in [-0.3, -0.25) is 14.3 Å². The third-order valence-corrected chi connectivity index (χ3v) is 6.46. The number of hydrogen-bond acceptors (Lipinski definition) is 7. The lowest BCUT2D eigenvalue weighted by Crippen LogP contribution is -2.27. The molecule has 192 valence electrons. The Balaban J connectivity index is 1.44. The van der Waals surface area contributed by atoms with Gasteiger partial charge in [0.25, 0.3) is 5.56 Å². The normalized spacial score (nSPS) is 11.1. The van der Waals surface area contributed by atoms with Crippen LogP contribution in [0.2, 0.25) is 0 Å². The molecule has 0 amide bonds. The van der Waals surface area contributed by atoms with Crippen LogP contribution >= 0.6 is 0 Å². The maximum atomic E-state index is 13.7. The molecule has 0 aliphatic carbocycles. The van der Waals surface area contributed by atoms with Crippen molar-refractivity contribution in [1.29, 1.82) is 0 Å². The van der Waals surface area contributed by atoms with Gasteiger partial charge in [0.05, 0.1) is 17.4 Å². The Morgan fingerprint density at radius 1 is 0.895 bits per heavy atom. The van der Waals surface area contributed by atoms with Gasteiger partial charge in [0, 0.05) is 42.2 Å². The Morgan fingerprint density at radius 2 is 1.66 bits per heavy atom. The molecule has 0 bridgehead atoms. The number of pyridine rings is 4. The van der Waals surface area contributed by atoms with Crippen LogP contribution in [0.15, 0.2) is 96.3 Å². The number of benzene rings is 1. The van der Waals surface area contributed by atoms with Crippen molar-refractivity contribution >= 4 is 22.5 Å². The number of nitrogens with one attached hydrogen (secondary N) is 1. The van der Waals surface area contributed by atoms with Crippen LogP contribution in [-0.2, 0) is 0 Å². The molecule has 0 atom stereocenters. The van der Waals surface area contributed by atoms with Gasteiger partial charge in [-0.2, -0.15) is 0 Å². The van der Waals surface area contributed by atoms with Crippen LogP contribution < -0.4 is 15.6 Å². The molecule has 0 fully saturated rings. The van der Waals surface area contributed by atoms with Gasteiger partial charge in [-0.05, 0) is 49.0 Å². The number of likely N-dealkylation sites (N-methyl/N-ethyl adjacent to an activating group) is 1. The van der Waals surface area contributed by atoms with Gasteiger partial charge in [0.2, 0.25) is 0 Å². The van der Waals surface area contributed by atoms with Crippen molar-refractivity contribution in [2.45, 2.75) is 13.8 Å². The lowest BCUT2D eigenvalue weighted by atomic mass is 10.1. The molecule has 4 heterocycles. The highest BCUT2D eigenvalue weighted by Crippen LogP contribution is 2.25. The first kappa shape index (κ1) is 25.1. The number of hydrogen-bond donors (Lipinski definition) is 1. The second-order valence-corrected chi connectivity index (χ2v) is 8.78. The topological polar surface area (TPSA) is 85.2 Å². The van der Waals surface area contributed by atoms with E-state index in [-0.39, 0.29) is 5.56 Å². The predicted octanol–water partition coefficient (Wildman–Crippen LogP) is 5.31. The highest BCUT2D eigenvalue weighted by Gasteiger charge is 2.14. The molecule has 0 saturated carbocycles. The highest BCUT2D eigenvalue weighted by molar-refractivity contribution is 5.87. The largest absolute Gasteiger partial charge is 0.491 e. The van der Waals surface area contributed by atoms with E-state index in [9.17, 15) is 4.79 Å². The average Bonchev–Trinajstić information content (AvgIpc) is 2.97. The zero-order valence-corrected chi connectivity index (χ0v) is 21.5. The first-order valence-corrected chi connectivity index (χ1v) is 12.8. The average molecular weight is 507 g/mol. The van der Waals surface area contributed by atoms with Crippen molar-refractivity contribution in [3.05, 3.63) is 102 Å². The molecule has 8 heteroatoms. The van der Waals surface area contributed by atoms with Crippen molar-refractivity contribution < 1.29 is 4.74 Å². The lowest BCUT2D eigenvalue weighted by Gasteiger charge is -2.18. The van der Waals surface area contributed by atoms with Gasteiger partial charge in [0.15, 0.2) is 0 Å². The first-order valence-electron chi connectivity index (χ1n) is 12.8. The quantitative estimate of drug-likeness (QED) is 0.275. The summed E-state index contributed by atoms with van der Waals surface area (Å²) in [7, 11) is 0. The summed E-state index contributed by atoms with van der Waals surface area (Å²) in [4.78, 5) is 29.2. The van der Waals surface area contributed by atoms with Gasteiger partial charge in [-0.1, -0.05) is 44.2 Å². The molecule has 0 spiro atoms. The van der Waals surface area contributed by atoms with Crippen LogP contribution in [0.5, 0.6) is 5.75 Å². The van der Waals surface area contributed by atoms with E-state index in [1.54, 1.807) is 29.4 Å². The van der Waals surface area contributed by atoms with E-state index in [2.05, 4.69) is 39.0 Å². The second kappa shape index (κ2) is 11.7. The van der Waals surface area contributed by atoms with Crippen molar-refractivity contribution in [1.82, 2.24) is 24.4 Å². The molecule has 0 unspecified atom stereocenters. The third-order valence-electron chi connectivity index (χ3n) is 6.46. The van der Waals surface area contributed by atoms with Crippen LogP contribution in [0.25, 0.3) is 27.7 Å². The predicted molar refractivity (Wildman–Crippen MR) is 151 cm³/mol. The minimum Gasteiger partial charge on any atom is -0.491 e. The molecule has 1 aromatic carbocycles. The number of aromatic nitrogens is 4. The van der Waals surface area contributed by atoms with Crippen molar-refractivity contribution in [2.75, 3.05) is 31.6 Å². The zero-order valence-electron chi connectivity index (χ0n) is 21.5. The Labute approximate surface area is 221 Å². The SMILES string of the molecule is CCN(CC)CCOc1ccc(Nc2cc3c(cn2)cc(-c2ccccc2)c(=O)n3-c2ccncc2)nc1. The summed E-state index contributed by atoms with van der Waals surface area (Å²) in [6.07, 6.45) is 6.83. The van der Waals surface area contributed by atoms with Gasteiger partial charge in [-0.15, -0.1) is 0 Å². The molecule has 4 aromatic heterocycles. The van der Waals surface area contributed by atoms with Crippen LogP contribution in [-0.4, -0.2) is 50.7 Å². The minimum atomic E-state index is -0.114. The smallest absolute Gasteiger partial charge is 0.263 e. The number of ether oxygens (including phenoxy) is 1. The molecule has 0 aliphatic rings. The van der Waals surface area contributed by atoms with Crippen molar-refractivity contribution in [3.63, 3.8) is 0 Å². The fourth-order valence-electron chi connectivity index (χ4n) is 4.35. The molecule has 38 heavy (non-hydrogen) atoms. The van der Waals surface area contributed by atoms with Crippen molar-refractivity contribution in [2.24, 2.45) is 0 Å². The molecule has 1 N–H and O–H groups in total. The van der Waals surface area contributed by atoms with Crippen LogP contribution in [0, 0.1) is 0 Å². The Bertz CT molecular complexity index is 1550. The third kappa shape index (κ3) is 5.55. The fraction of sp³-hybridized carbons (Fsp3) is 0.200. The summed E-state index contributed by atoms with van der Waals surface area (Å²) in [6.45, 7) is 7.78. The van der Waals surface area contributed by atoms with Crippen LogP contribution in [0.4, 0.5) is 11.6 Å². The summed E-state index contributed by atoms with van der Waals surface area (Å²) in [5.41, 5.74) is 2.81. The van der Waals surface area contributed by atoms with Crippen molar-refractivity contribution in [3.8, 4) is 22.6 Å². The Morgan fingerprint density at radius 3 is 2.37 bits per heavy atom. The Hall–Kier alpha value is -4.56. The highest BCUT2D eigenvalue weighted by atomic mass is 16.5. The number of rotatable bonds is 10. The summed E-state index contributed by atoms with van der Waals surface area (Å²) in [5.74, 6) is 1.93. The van der Waals surface area contributed by atoms with Crippen LogP contribution in [0.3, 0.4) is 0 Å². The second-order valence-electron chi connectivity index (χ2n) is 8.78. The summed E-state index contributed by atoms with van der Waals surface area (Å²) in [5, 5.41) is 4.09. The molecular weight excluding hydrogens is 476 g/mol. The summed E-state index contributed by atoms with van der Waals surface area (Å²) in [6, 6.07) is 20.8. The lowest BCUT2D eigenvalue weighted by molar-refractivity contribution is 0.222. The van der Waals surface area contributed by atoms with Gasteiger partial charge in [0.1, 0.15) is 24.0 Å². The van der Waals surface area contributed by atoms with E-state index in [0.29, 0.717) is 29.6 Å². The first-order chi connectivity index (χ1) is 18.7. The van der Waals surface area contributed by atoms with Gasteiger partial charge < -0.3 is 15.0 Å². The van der Waals surface area contributed by atoms with Gasteiger partial charge in [-0.25, -0.2) is 9.97 Å². The van der Waals surface area contributed by atoms with Gasteiger partial charge >= 0.3 is 0 Å². The summed E-state index contributed by atoms with van der Waals surface area (Å²) >= 11 is 0. The molecular formula is C30H30N6O2. The standard InChI is InChI=1S/C30H30N6O2/c1-3-35(4-2)16-17-38-25-10-11-28(33-21-25)34-29-19-27-23(20-32-29)18-26(22-8-6-5-7-9-22)30(37)36(27)24-12-14-31-15-13-24/h5-15,18-21H,3-4,16-17H2,1-2H3,(H,32,33,34). The monoisotopic (exact) mass is 506 g/mol. The molecule has 0 radical (unpaired) electrons. The Kier molecular flexibility index (Phi) is 7.70. The molecule has 8 nitrogen and oxygen atoms in total.